The quantitative estimate of drug-likeness (QED) is 0.469. The molecule has 0 amide bonds. The van der Waals surface area contributed by atoms with Gasteiger partial charge in [0.25, 0.3) is 0 Å². The molecule has 1 aliphatic carbocycles. The zero-order valence-corrected chi connectivity index (χ0v) is 19.1. The first-order valence-corrected chi connectivity index (χ1v) is 11.0. The molecule has 6 heteroatoms. The van der Waals surface area contributed by atoms with Gasteiger partial charge in [-0.2, -0.15) is 30.7 Å². The number of hydrogen-bond donors (Lipinski definition) is 1. The maximum Gasteiger partial charge on any atom is 2.00 e. The molecule has 3 heterocycles. The maximum atomic E-state index is 5.84. The fourth-order valence-electron chi connectivity index (χ4n) is 4.31. The Hall–Kier alpha value is -1.98. The molecule has 3 aliphatic rings. The first-order chi connectivity index (χ1) is 14.8. The van der Waals surface area contributed by atoms with Gasteiger partial charge in [0.1, 0.15) is 0 Å². The van der Waals surface area contributed by atoms with E-state index in [1.807, 2.05) is 37.4 Å². The number of para-hydroxylation sites is 2. The molecule has 1 saturated carbocycles. The van der Waals surface area contributed by atoms with Crippen LogP contribution in [0.3, 0.4) is 0 Å². The van der Waals surface area contributed by atoms with Crippen LogP contribution in [0.15, 0.2) is 42.5 Å². The predicted octanol–water partition coefficient (Wildman–Crippen LogP) is 4.35. The molecule has 31 heavy (non-hydrogen) atoms. The third kappa shape index (κ3) is 5.27. The van der Waals surface area contributed by atoms with Crippen LogP contribution in [0.5, 0.6) is 5.75 Å². The van der Waals surface area contributed by atoms with Crippen molar-refractivity contribution in [3.05, 3.63) is 66.3 Å². The molecule has 0 bridgehead atoms. The van der Waals surface area contributed by atoms with Gasteiger partial charge in [0.15, 0.2) is 0 Å². The molecular weight excluding hydrogens is 429 g/mol. The molecule has 0 unspecified atom stereocenters. The van der Waals surface area contributed by atoms with Crippen LogP contribution < -0.4 is 4.74 Å². The van der Waals surface area contributed by atoms with E-state index in [9.17, 15) is 0 Å². The van der Waals surface area contributed by atoms with Gasteiger partial charge >= 0.3 is 17.1 Å². The normalized spacial score (nSPS) is 22.9. The number of likely N-dealkylation sites (tertiary alicyclic amines) is 1. The Bertz CT molecular complexity index is 955. The Morgan fingerprint density at radius 2 is 2.06 bits per heavy atom. The number of piperidine rings is 1. The number of fused-ring (bicyclic) bond motifs is 2. The van der Waals surface area contributed by atoms with Crippen molar-refractivity contribution in [1.82, 2.24) is 14.9 Å². The summed E-state index contributed by atoms with van der Waals surface area (Å²) < 4.78 is 11.3. The molecular formula is C25H29MnN3O2. The molecule has 5 nitrogen and oxygen atoms in total. The molecule has 1 saturated heterocycles. The summed E-state index contributed by atoms with van der Waals surface area (Å²) in [5, 5.41) is 0. The Balaban J connectivity index is 0.000000155. The number of nitrogens with zero attached hydrogens (tertiary/aromatic N) is 2. The van der Waals surface area contributed by atoms with Gasteiger partial charge in [-0.15, -0.1) is 17.7 Å². The van der Waals surface area contributed by atoms with Crippen molar-refractivity contribution in [2.24, 2.45) is 0 Å². The molecule has 2 aromatic carbocycles. The number of H-pyrrole nitrogens is 1. The summed E-state index contributed by atoms with van der Waals surface area (Å²) >= 11 is 0. The fraction of sp³-hybridized carbons (Fsp3) is 0.440. The first-order valence-electron chi connectivity index (χ1n) is 11.0. The van der Waals surface area contributed by atoms with E-state index in [1.165, 1.54) is 31.2 Å². The molecule has 3 aromatic rings. The topological polar surface area (TPSA) is 50.4 Å². The predicted molar refractivity (Wildman–Crippen MR) is 118 cm³/mol. The number of aromatic nitrogens is 2. The molecule has 2 fully saturated rings. The van der Waals surface area contributed by atoms with E-state index in [1.54, 1.807) is 0 Å². The third-order valence-electron chi connectivity index (χ3n) is 6.20. The van der Waals surface area contributed by atoms with Gasteiger partial charge in [-0.25, -0.2) is 0 Å². The minimum atomic E-state index is 0. The molecule has 2 aliphatic heterocycles. The van der Waals surface area contributed by atoms with Crippen molar-refractivity contribution in [2.45, 2.75) is 43.7 Å². The number of rotatable bonds is 3. The van der Waals surface area contributed by atoms with Crippen LogP contribution in [0.25, 0.3) is 11.0 Å². The monoisotopic (exact) mass is 458 g/mol. The number of nitrogens with one attached hydrogen (secondary N) is 1. The van der Waals surface area contributed by atoms with Crippen molar-refractivity contribution < 1.29 is 26.5 Å². The Labute approximate surface area is 195 Å². The van der Waals surface area contributed by atoms with Gasteiger partial charge in [-0.05, 0) is 43.3 Å². The Morgan fingerprint density at radius 3 is 2.87 bits per heavy atom. The average molecular weight is 458 g/mol. The van der Waals surface area contributed by atoms with E-state index in [0.29, 0.717) is 18.1 Å². The van der Waals surface area contributed by atoms with Crippen molar-refractivity contribution in [1.29, 1.82) is 0 Å². The van der Waals surface area contributed by atoms with Gasteiger partial charge in [-0.3, -0.25) is 4.98 Å². The van der Waals surface area contributed by atoms with Crippen LogP contribution in [0.4, 0.5) is 0 Å². The van der Waals surface area contributed by atoms with Crippen molar-refractivity contribution in [2.75, 3.05) is 26.8 Å². The molecule has 6 rings (SSSR count). The summed E-state index contributed by atoms with van der Waals surface area (Å²) in [6, 6.07) is 17.7. The summed E-state index contributed by atoms with van der Waals surface area (Å²) in [5.41, 5.74) is 3.30. The Kier molecular flexibility index (Phi) is 7.23. The molecule has 1 aromatic heterocycles. The number of ether oxygens (including phenoxy) is 2. The second kappa shape index (κ2) is 10.1. The molecule has 1 radical (unpaired) electrons. The zero-order chi connectivity index (χ0) is 20.3. The summed E-state index contributed by atoms with van der Waals surface area (Å²) in [5.74, 6) is 2.85. The van der Waals surface area contributed by atoms with Gasteiger partial charge in [0.2, 0.25) is 0 Å². The van der Waals surface area contributed by atoms with E-state index < -0.39 is 0 Å². The second-order valence-corrected chi connectivity index (χ2v) is 8.40. The third-order valence-corrected chi connectivity index (χ3v) is 6.20. The van der Waals surface area contributed by atoms with E-state index in [2.05, 4.69) is 39.5 Å². The van der Waals surface area contributed by atoms with Gasteiger partial charge < -0.3 is 19.4 Å². The van der Waals surface area contributed by atoms with Gasteiger partial charge in [0, 0.05) is 31.4 Å². The summed E-state index contributed by atoms with van der Waals surface area (Å²) in [6.07, 6.45) is 7.68. The van der Waals surface area contributed by atoms with E-state index in [-0.39, 0.29) is 17.1 Å². The number of benzene rings is 2. The molecule has 1 N–H and O–H groups in total. The molecule has 163 valence electrons. The minimum absolute atomic E-state index is 0. The molecule has 0 spiro atoms. The van der Waals surface area contributed by atoms with Gasteiger partial charge in [-0.1, -0.05) is 12.1 Å². The van der Waals surface area contributed by atoms with E-state index in [4.69, 9.17) is 9.47 Å². The van der Waals surface area contributed by atoms with Crippen molar-refractivity contribution >= 4 is 11.0 Å². The second-order valence-electron chi connectivity index (χ2n) is 8.40. The minimum Gasteiger partial charge on any atom is -0.550 e. The maximum absolute atomic E-state index is 5.84. The number of imidazole rings is 1. The van der Waals surface area contributed by atoms with Crippen molar-refractivity contribution in [3.8, 4) is 5.75 Å². The zero-order valence-electron chi connectivity index (χ0n) is 17.9. The average Bonchev–Trinajstić information content (AvgIpc) is 3.58. The van der Waals surface area contributed by atoms with Crippen LogP contribution in [0, 0.1) is 12.5 Å². The summed E-state index contributed by atoms with van der Waals surface area (Å²) in [6.45, 7) is 2.92. The van der Waals surface area contributed by atoms with Gasteiger partial charge in [0.05, 0.1) is 18.5 Å². The summed E-state index contributed by atoms with van der Waals surface area (Å²) in [4.78, 5) is 10.3. The van der Waals surface area contributed by atoms with Crippen molar-refractivity contribution in [3.63, 3.8) is 0 Å². The Morgan fingerprint density at radius 1 is 1.19 bits per heavy atom. The number of hydrogen-bond acceptors (Lipinski definition) is 4. The summed E-state index contributed by atoms with van der Waals surface area (Å²) in [7, 11) is 1.81. The SMILES string of the molecule is CO[C@H]1CCCN([C@@H]2[CH-]c3ccccc3OC2)C1.[Mn+2].[c-]1cccc2nc(C3CC3)[nH]c12. The van der Waals surface area contributed by atoms with Crippen LogP contribution in [0.2, 0.25) is 0 Å². The molecule has 2 atom stereocenters. The smallest absolute Gasteiger partial charge is 0.550 e. The number of methoxy groups -OCH3 is 1. The first kappa shape index (κ1) is 22.2. The standard InChI is InChI=1S/C15H20NO2.C10H9N2.Mn/c1-17-14-6-4-8-16(10-14)13-9-12-5-2-3-7-15(12)18-11-13;1-2-4-9-8(3-1)11-10(12-9)7-5-6-7;/h2-3,5,7,9,13-14H,4,6,8,10-11H2,1H3;1-3,7H,5-6H2,(H,11,12);/q2*-1;+2/t13-,14+;;/m1../s1. The van der Waals surface area contributed by atoms with E-state index >= 15 is 0 Å². The van der Waals surface area contributed by atoms with Crippen LogP contribution in [-0.4, -0.2) is 53.8 Å². The van der Waals surface area contributed by atoms with E-state index in [0.717, 1.165) is 42.3 Å². The van der Waals surface area contributed by atoms with Crippen LogP contribution in [-0.2, 0) is 21.8 Å². The van der Waals surface area contributed by atoms with Crippen LogP contribution >= 0.6 is 0 Å². The van der Waals surface area contributed by atoms with Crippen LogP contribution in [0.1, 0.15) is 43.0 Å². The largest absolute Gasteiger partial charge is 2.00 e. The fourth-order valence-corrected chi connectivity index (χ4v) is 4.31. The number of aromatic amines is 1.